The van der Waals surface area contributed by atoms with Crippen LogP contribution in [-0.4, -0.2) is 29.8 Å². The topological polar surface area (TPSA) is 58.6 Å². The molecule has 20 heavy (non-hydrogen) atoms. The number of nitrogens with one attached hydrogen (secondary N) is 1. The minimum atomic E-state index is -0.458. The fraction of sp³-hybridized carbons (Fsp3) is 0.533. The van der Waals surface area contributed by atoms with Gasteiger partial charge in [-0.15, -0.1) is 0 Å². The number of carbonyl (C=O) groups is 1. The lowest BCUT2D eigenvalue weighted by Crippen LogP contribution is -2.45. The zero-order chi connectivity index (χ0) is 14.4. The third-order valence-electron chi connectivity index (χ3n) is 3.50. The maximum absolute atomic E-state index is 13.3. The van der Waals surface area contributed by atoms with Gasteiger partial charge in [0.1, 0.15) is 0 Å². The number of ether oxygens (including phenoxy) is 1. The van der Waals surface area contributed by atoms with Crippen LogP contribution in [0.25, 0.3) is 0 Å². The SMILES string of the molecule is O=C(CCOc1ccccc1F)N[C@@H]1CCCC[C@H]1O. The lowest BCUT2D eigenvalue weighted by Gasteiger charge is -2.28. The van der Waals surface area contributed by atoms with E-state index in [1.807, 2.05) is 0 Å². The van der Waals surface area contributed by atoms with Gasteiger partial charge in [-0.2, -0.15) is 0 Å². The van der Waals surface area contributed by atoms with Crippen LogP contribution in [0.2, 0.25) is 0 Å². The van der Waals surface area contributed by atoms with Gasteiger partial charge in [-0.3, -0.25) is 4.79 Å². The van der Waals surface area contributed by atoms with E-state index in [0.717, 1.165) is 25.7 Å². The molecule has 1 saturated carbocycles. The van der Waals surface area contributed by atoms with Gasteiger partial charge in [0.25, 0.3) is 0 Å². The van der Waals surface area contributed by atoms with Crippen molar-refractivity contribution in [1.29, 1.82) is 0 Å². The highest BCUT2D eigenvalue weighted by atomic mass is 19.1. The molecule has 0 bridgehead atoms. The molecule has 0 spiro atoms. The lowest BCUT2D eigenvalue weighted by molar-refractivity contribution is -0.123. The first-order valence-corrected chi connectivity index (χ1v) is 7.01. The number of halogens is 1. The Morgan fingerprint density at radius 2 is 2.10 bits per heavy atom. The number of para-hydroxylation sites is 1. The quantitative estimate of drug-likeness (QED) is 0.868. The van der Waals surface area contributed by atoms with Gasteiger partial charge in [-0.05, 0) is 25.0 Å². The summed E-state index contributed by atoms with van der Waals surface area (Å²) in [5.41, 5.74) is 0. The van der Waals surface area contributed by atoms with Crippen LogP contribution >= 0.6 is 0 Å². The summed E-state index contributed by atoms with van der Waals surface area (Å²) in [6, 6.07) is 5.94. The normalized spacial score (nSPS) is 22.3. The van der Waals surface area contributed by atoms with Gasteiger partial charge in [-0.25, -0.2) is 4.39 Å². The molecule has 110 valence electrons. The molecular weight excluding hydrogens is 261 g/mol. The maximum Gasteiger partial charge on any atom is 0.223 e. The summed E-state index contributed by atoms with van der Waals surface area (Å²) in [6.07, 6.45) is 3.26. The van der Waals surface area contributed by atoms with Crippen LogP contribution in [0, 0.1) is 5.82 Å². The highest BCUT2D eigenvalue weighted by molar-refractivity contribution is 5.76. The summed E-state index contributed by atoms with van der Waals surface area (Å²) in [7, 11) is 0. The Hall–Kier alpha value is -1.62. The number of benzene rings is 1. The molecule has 0 heterocycles. The number of carbonyl (C=O) groups excluding carboxylic acids is 1. The molecule has 4 nitrogen and oxygen atoms in total. The van der Waals surface area contributed by atoms with E-state index in [1.165, 1.54) is 12.1 Å². The third kappa shape index (κ3) is 4.20. The van der Waals surface area contributed by atoms with Crippen molar-refractivity contribution < 1.29 is 19.0 Å². The molecular formula is C15H20FNO3. The number of amides is 1. The van der Waals surface area contributed by atoms with Crippen molar-refractivity contribution in [2.24, 2.45) is 0 Å². The molecule has 0 unspecified atom stereocenters. The first-order valence-electron chi connectivity index (χ1n) is 7.01. The summed E-state index contributed by atoms with van der Waals surface area (Å²) in [5, 5.41) is 12.6. The van der Waals surface area contributed by atoms with E-state index in [2.05, 4.69) is 5.32 Å². The Kier molecular flexibility index (Phi) is 5.35. The fourth-order valence-electron chi connectivity index (χ4n) is 2.37. The summed E-state index contributed by atoms with van der Waals surface area (Å²) in [5.74, 6) is -0.457. The van der Waals surface area contributed by atoms with Crippen molar-refractivity contribution in [1.82, 2.24) is 5.32 Å². The van der Waals surface area contributed by atoms with E-state index in [1.54, 1.807) is 12.1 Å². The van der Waals surface area contributed by atoms with E-state index in [0.29, 0.717) is 0 Å². The molecule has 1 aromatic carbocycles. The second-order valence-corrected chi connectivity index (χ2v) is 5.05. The molecule has 1 aromatic rings. The monoisotopic (exact) mass is 281 g/mol. The van der Waals surface area contributed by atoms with E-state index in [4.69, 9.17) is 4.74 Å². The summed E-state index contributed by atoms with van der Waals surface area (Å²) in [6.45, 7) is 0.121. The highest BCUT2D eigenvalue weighted by Gasteiger charge is 2.24. The Morgan fingerprint density at radius 1 is 1.35 bits per heavy atom. The van der Waals surface area contributed by atoms with Crippen LogP contribution in [0.5, 0.6) is 5.75 Å². The van der Waals surface area contributed by atoms with Crippen LogP contribution in [0.1, 0.15) is 32.1 Å². The van der Waals surface area contributed by atoms with Gasteiger partial charge in [0.15, 0.2) is 11.6 Å². The van der Waals surface area contributed by atoms with E-state index in [9.17, 15) is 14.3 Å². The zero-order valence-electron chi connectivity index (χ0n) is 11.3. The highest BCUT2D eigenvalue weighted by Crippen LogP contribution is 2.18. The first kappa shape index (κ1) is 14.8. The third-order valence-corrected chi connectivity index (χ3v) is 3.50. The van der Waals surface area contributed by atoms with Crippen LogP contribution in [0.4, 0.5) is 4.39 Å². The van der Waals surface area contributed by atoms with Crippen molar-refractivity contribution in [3.05, 3.63) is 30.1 Å². The van der Waals surface area contributed by atoms with Gasteiger partial charge in [0, 0.05) is 0 Å². The molecule has 0 aliphatic heterocycles. The molecule has 2 atom stereocenters. The van der Waals surface area contributed by atoms with Crippen LogP contribution in [0.3, 0.4) is 0 Å². The van der Waals surface area contributed by atoms with Crippen LogP contribution in [0.15, 0.2) is 24.3 Å². The van der Waals surface area contributed by atoms with Gasteiger partial charge in [-0.1, -0.05) is 25.0 Å². The Balaban J connectivity index is 1.71. The molecule has 0 saturated heterocycles. The fourth-order valence-corrected chi connectivity index (χ4v) is 2.37. The molecule has 0 radical (unpaired) electrons. The van der Waals surface area contributed by atoms with E-state index >= 15 is 0 Å². The Morgan fingerprint density at radius 3 is 2.85 bits per heavy atom. The van der Waals surface area contributed by atoms with Crippen molar-refractivity contribution in [3.63, 3.8) is 0 Å². The smallest absolute Gasteiger partial charge is 0.223 e. The van der Waals surface area contributed by atoms with Crippen LogP contribution < -0.4 is 10.1 Å². The molecule has 1 aliphatic rings. The Bertz CT molecular complexity index is 452. The predicted molar refractivity (Wildman–Crippen MR) is 72.9 cm³/mol. The standard InChI is InChI=1S/C15H20FNO3/c16-11-5-1-4-8-14(11)20-10-9-15(19)17-12-6-2-3-7-13(12)18/h1,4-5,8,12-13,18H,2-3,6-7,9-10H2,(H,17,19)/t12-,13-/m1/s1. The maximum atomic E-state index is 13.3. The van der Waals surface area contributed by atoms with Gasteiger partial charge in [0.2, 0.25) is 5.91 Å². The molecule has 2 rings (SSSR count). The van der Waals surface area contributed by atoms with Crippen molar-refractivity contribution >= 4 is 5.91 Å². The molecule has 0 aromatic heterocycles. The molecule has 1 amide bonds. The first-order chi connectivity index (χ1) is 9.66. The van der Waals surface area contributed by atoms with E-state index in [-0.39, 0.29) is 30.7 Å². The van der Waals surface area contributed by atoms with Crippen molar-refractivity contribution in [2.75, 3.05) is 6.61 Å². The number of rotatable bonds is 5. The number of aliphatic hydroxyl groups excluding tert-OH is 1. The predicted octanol–water partition coefficient (Wildman–Crippen LogP) is 2.01. The lowest BCUT2D eigenvalue weighted by atomic mass is 9.92. The molecule has 1 fully saturated rings. The van der Waals surface area contributed by atoms with Gasteiger partial charge >= 0.3 is 0 Å². The minimum absolute atomic E-state index is 0.121. The second kappa shape index (κ2) is 7.24. The van der Waals surface area contributed by atoms with Gasteiger partial charge in [0.05, 0.1) is 25.2 Å². The number of hydrogen-bond acceptors (Lipinski definition) is 3. The largest absolute Gasteiger partial charge is 0.490 e. The van der Waals surface area contributed by atoms with Crippen LogP contribution in [-0.2, 0) is 4.79 Å². The van der Waals surface area contributed by atoms with E-state index < -0.39 is 11.9 Å². The molecule has 1 aliphatic carbocycles. The van der Waals surface area contributed by atoms with Gasteiger partial charge < -0.3 is 15.2 Å². The summed E-state index contributed by atoms with van der Waals surface area (Å²) in [4.78, 5) is 11.7. The average Bonchev–Trinajstić information content (AvgIpc) is 2.43. The Labute approximate surface area is 117 Å². The molecule has 5 heteroatoms. The average molecular weight is 281 g/mol. The number of aliphatic hydroxyl groups is 1. The van der Waals surface area contributed by atoms with Crippen molar-refractivity contribution in [3.8, 4) is 5.75 Å². The summed E-state index contributed by atoms with van der Waals surface area (Å²) >= 11 is 0. The van der Waals surface area contributed by atoms with Crippen molar-refractivity contribution in [2.45, 2.75) is 44.2 Å². The summed E-state index contributed by atoms with van der Waals surface area (Å²) < 4.78 is 18.5. The molecule has 2 N–H and O–H groups in total. The number of hydrogen-bond donors (Lipinski definition) is 2. The zero-order valence-corrected chi connectivity index (χ0v) is 11.3. The minimum Gasteiger partial charge on any atom is -0.490 e. The second-order valence-electron chi connectivity index (χ2n) is 5.05.